The maximum Gasteiger partial charge on any atom is 0.332 e. The van der Waals surface area contributed by atoms with Crippen molar-refractivity contribution in [1.82, 2.24) is 10.3 Å². The molecule has 1 aromatic heterocycles. The second-order valence-corrected chi connectivity index (χ2v) is 5.40. The number of carbonyl (C=O) groups excluding carboxylic acids is 1. The third kappa shape index (κ3) is 5.11. The number of rotatable bonds is 5. The largest absolute Gasteiger partial charge is 0.479 e. The first-order valence-corrected chi connectivity index (χ1v) is 6.17. The second kappa shape index (κ2) is 6.52. The molecule has 0 fully saturated rings. The van der Waals surface area contributed by atoms with E-state index in [0.29, 0.717) is 5.13 Å². The fraction of sp³-hybridized carbons (Fsp3) is 0.375. The highest BCUT2D eigenvalue weighted by Crippen LogP contribution is 2.22. The Hall–Kier alpha value is -1.19. The maximum absolute atomic E-state index is 11.3. The molecule has 1 atom stereocenters. The topological polar surface area (TPSA) is 112 Å². The number of halogens is 1. The average molecular weight is 324 g/mol. The first kappa shape index (κ1) is 13.9. The van der Waals surface area contributed by atoms with Crippen molar-refractivity contribution < 1.29 is 19.8 Å². The zero-order valence-corrected chi connectivity index (χ0v) is 10.9. The lowest BCUT2D eigenvalue weighted by molar-refractivity contribution is -0.146. The molecule has 9 heteroatoms. The predicted molar refractivity (Wildman–Crippen MR) is 65.1 cm³/mol. The van der Waals surface area contributed by atoms with Crippen LogP contribution in [-0.2, 0) is 4.79 Å². The number of urea groups is 1. The lowest BCUT2D eigenvalue weighted by Gasteiger charge is -2.07. The fourth-order valence-electron chi connectivity index (χ4n) is 0.899. The van der Waals surface area contributed by atoms with E-state index in [9.17, 15) is 9.59 Å². The number of nitrogens with one attached hydrogen (secondary N) is 2. The van der Waals surface area contributed by atoms with Crippen LogP contribution >= 0.6 is 27.3 Å². The van der Waals surface area contributed by atoms with Crippen LogP contribution in [0.15, 0.2) is 9.98 Å². The molecule has 17 heavy (non-hydrogen) atoms. The molecule has 2 amide bonds. The van der Waals surface area contributed by atoms with Gasteiger partial charge in [0.2, 0.25) is 0 Å². The van der Waals surface area contributed by atoms with Crippen molar-refractivity contribution in [3.63, 3.8) is 0 Å². The molecule has 0 aromatic carbocycles. The molecule has 94 valence electrons. The zero-order valence-electron chi connectivity index (χ0n) is 8.51. The van der Waals surface area contributed by atoms with Gasteiger partial charge in [-0.3, -0.25) is 5.32 Å². The highest BCUT2D eigenvalue weighted by atomic mass is 79.9. The van der Waals surface area contributed by atoms with Gasteiger partial charge in [0.25, 0.3) is 0 Å². The third-order valence-corrected chi connectivity index (χ3v) is 3.08. The normalized spacial score (nSPS) is 11.9. The molecule has 0 radical (unpaired) electrons. The molecule has 0 bridgehead atoms. The van der Waals surface area contributed by atoms with Gasteiger partial charge in [0.1, 0.15) is 0 Å². The van der Waals surface area contributed by atoms with Gasteiger partial charge in [0.15, 0.2) is 11.2 Å². The number of thiazole rings is 1. The molecule has 7 nitrogen and oxygen atoms in total. The van der Waals surface area contributed by atoms with E-state index < -0.39 is 18.1 Å². The van der Waals surface area contributed by atoms with Gasteiger partial charge in [0.05, 0.1) is 9.98 Å². The molecule has 0 aliphatic heterocycles. The number of aliphatic hydroxyl groups excluding tert-OH is 1. The molecule has 0 saturated heterocycles. The van der Waals surface area contributed by atoms with E-state index in [4.69, 9.17) is 10.2 Å². The van der Waals surface area contributed by atoms with E-state index in [1.165, 1.54) is 11.3 Å². The number of amides is 2. The Morgan fingerprint density at radius 3 is 2.82 bits per heavy atom. The number of carboxylic acid groups (broad SMARTS) is 1. The van der Waals surface area contributed by atoms with Crippen molar-refractivity contribution in [3.05, 3.63) is 9.98 Å². The summed E-state index contributed by atoms with van der Waals surface area (Å²) in [6.07, 6.45) is 0.0306. The first-order chi connectivity index (χ1) is 7.99. The number of hydrogen-bond donors (Lipinski definition) is 4. The summed E-state index contributed by atoms with van der Waals surface area (Å²) in [5.41, 5.74) is 0. The zero-order chi connectivity index (χ0) is 12.8. The molecule has 1 unspecified atom stereocenters. The van der Waals surface area contributed by atoms with Gasteiger partial charge < -0.3 is 15.5 Å². The van der Waals surface area contributed by atoms with E-state index in [2.05, 4.69) is 31.5 Å². The van der Waals surface area contributed by atoms with Crippen LogP contribution < -0.4 is 10.6 Å². The van der Waals surface area contributed by atoms with Crippen LogP contribution in [0.25, 0.3) is 0 Å². The van der Waals surface area contributed by atoms with E-state index in [1.54, 1.807) is 6.20 Å². The fourth-order valence-corrected chi connectivity index (χ4v) is 2.00. The van der Waals surface area contributed by atoms with Gasteiger partial charge >= 0.3 is 12.0 Å². The van der Waals surface area contributed by atoms with Crippen molar-refractivity contribution >= 4 is 44.4 Å². The number of aliphatic carboxylic acids is 1. The SMILES string of the molecule is O=C(NCCC(O)C(=O)O)Nc1ncc(Br)s1. The molecule has 0 aliphatic rings. The summed E-state index contributed by atoms with van der Waals surface area (Å²) in [6, 6.07) is -0.496. The molecular formula is C8H10BrN3O4S. The summed E-state index contributed by atoms with van der Waals surface area (Å²) >= 11 is 4.45. The van der Waals surface area contributed by atoms with Crippen LogP contribution in [0, 0.1) is 0 Å². The van der Waals surface area contributed by atoms with Crippen molar-refractivity contribution in [2.45, 2.75) is 12.5 Å². The minimum Gasteiger partial charge on any atom is -0.479 e. The Balaban J connectivity index is 2.24. The molecule has 1 aromatic rings. The lowest BCUT2D eigenvalue weighted by Crippen LogP contribution is -2.33. The molecule has 4 N–H and O–H groups in total. The van der Waals surface area contributed by atoms with E-state index in [0.717, 1.165) is 3.79 Å². The Kier molecular flexibility index (Phi) is 5.32. The van der Waals surface area contributed by atoms with Gasteiger partial charge in [-0.05, 0) is 15.9 Å². The first-order valence-electron chi connectivity index (χ1n) is 4.56. The second-order valence-electron chi connectivity index (χ2n) is 2.99. The highest BCUT2D eigenvalue weighted by Gasteiger charge is 2.13. The molecule has 1 rings (SSSR count). The quantitative estimate of drug-likeness (QED) is 0.642. The minimum atomic E-state index is -1.47. The van der Waals surface area contributed by atoms with Gasteiger partial charge in [-0.2, -0.15) is 0 Å². The number of anilines is 1. The summed E-state index contributed by atoms with van der Waals surface area (Å²) in [5, 5.41) is 22.6. The minimum absolute atomic E-state index is 0.0513. The van der Waals surface area contributed by atoms with Crippen LogP contribution in [0.2, 0.25) is 0 Å². The summed E-state index contributed by atoms with van der Waals surface area (Å²) < 4.78 is 0.786. The molecule has 0 spiro atoms. The van der Waals surface area contributed by atoms with Gasteiger partial charge in [-0.15, -0.1) is 0 Å². The number of aliphatic hydroxyl groups is 1. The van der Waals surface area contributed by atoms with Crippen LogP contribution in [-0.4, -0.2) is 39.8 Å². The number of carbonyl (C=O) groups is 2. The van der Waals surface area contributed by atoms with Gasteiger partial charge in [0, 0.05) is 13.0 Å². The number of aromatic nitrogens is 1. The Labute approximate surface area is 109 Å². The van der Waals surface area contributed by atoms with Crippen LogP contribution in [0.1, 0.15) is 6.42 Å². The van der Waals surface area contributed by atoms with Crippen molar-refractivity contribution in [2.24, 2.45) is 0 Å². The van der Waals surface area contributed by atoms with Gasteiger partial charge in [-0.25, -0.2) is 14.6 Å². The Morgan fingerprint density at radius 1 is 1.59 bits per heavy atom. The third-order valence-electron chi connectivity index (χ3n) is 1.69. The predicted octanol–water partition coefficient (Wildman–Crippen LogP) is 0.863. The van der Waals surface area contributed by atoms with Crippen LogP contribution in [0.5, 0.6) is 0 Å². The molecule has 1 heterocycles. The molecule has 0 aliphatic carbocycles. The van der Waals surface area contributed by atoms with Crippen LogP contribution in [0.3, 0.4) is 0 Å². The Bertz CT molecular complexity index is 411. The van der Waals surface area contributed by atoms with Crippen molar-refractivity contribution in [2.75, 3.05) is 11.9 Å². The summed E-state index contributed by atoms with van der Waals surface area (Å²) in [4.78, 5) is 25.4. The number of carboxylic acids is 1. The molecule has 0 saturated carbocycles. The average Bonchev–Trinajstić information content (AvgIpc) is 2.63. The van der Waals surface area contributed by atoms with Crippen LogP contribution in [0.4, 0.5) is 9.93 Å². The summed E-state index contributed by atoms with van der Waals surface area (Å²) in [6.45, 7) is 0.0614. The summed E-state index contributed by atoms with van der Waals surface area (Å²) in [5.74, 6) is -1.31. The van der Waals surface area contributed by atoms with Crippen molar-refractivity contribution in [3.8, 4) is 0 Å². The Morgan fingerprint density at radius 2 is 2.29 bits per heavy atom. The standard InChI is InChI=1S/C8H10BrN3O4S/c9-5-3-11-8(17-5)12-7(16)10-2-1-4(13)6(14)15/h3-4,13H,1-2H2,(H,14,15)(H2,10,11,12,16). The monoisotopic (exact) mass is 323 g/mol. The van der Waals surface area contributed by atoms with Gasteiger partial charge in [-0.1, -0.05) is 11.3 Å². The van der Waals surface area contributed by atoms with E-state index in [1.807, 2.05) is 0 Å². The molecular weight excluding hydrogens is 314 g/mol. The summed E-state index contributed by atoms with van der Waals surface area (Å²) in [7, 11) is 0. The van der Waals surface area contributed by atoms with E-state index in [-0.39, 0.29) is 13.0 Å². The maximum atomic E-state index is 11.3. The number of nitrogens with zero attached hydrogens (tertiary/aromatic N) is 1. The lowest BCUT2D eigenvalue weighted by atomic mass is 10.2. The van der Waals surface area contributed by atoms with Crippen molar-refractivity contribution in [1.29, 1.82) is 0 Å². The van der Waals surface area contributed by atoms with E-state index >= 15 is 0 Å². The highest BCUT2D eigenvalue weighted by molar-refractivity contribution is 9.11. The number of hydrogen-bond acceptors (Lipinski definition) is 5. The smallest absolute Gasteiger partial charge is 0.332 e.